The van der Waals surface area contributed by atoms with Crippen LogP contribution in [0.2, 0.25) is 0 Å². The van der Waals surface area contributed by atoms with Crippen molar-refractivity contribution in [2.75, 3.05) is 26.7 Å². The van der Waals surface area contributed by atoms with Gasteiger partial charge in [0.15, 0.2) is 0 Å². The molecule has 37 heavy (non-hydrogen) atoms. The number of methoxy groups -OCH3 is 1. The number of pyridine rings is 1. The summed E-state index contributed by atoms with van der Waals surface area (Å²) in [6, 6.07) is 6.97. The lowest BCUT2D eigenvalue weighted by Crippen LogP contribution is -2.44. The maximum Gasteiger partial charge on any atom is 0.309 e. The summed E-state index contributed by atoms with van der Waals surface area (Å²) in [5.41, 5.74) is 1.80. The Morgan fingerprint density at radius 3 is 2.51 bits per heavy atom. The minimum atomic E-state index is -1.04. The molecular weight excluding hydrogens is 481 g/mol. The lowest BCUT2D eigenvalue weighted by atomic mass is 9.74. The number of hydrogen-bond acceptors (Lipinski definition) is 4. The monoisotopic (exact) mass is 510 g/mol. The van der Waals surface area contributed by atoms with E-state index in [1.165, 1.54) is 0 Å². The predicted octanol–water partition coefficient (Wildman–Crippen LogP) is 5.51. The van der Waals surface area contributed by atoms with Gasteiger partial charge in [-0.15, -0.1) is 0 Å². The molecule has 1 saturated heterocycles. The number of nitrogens with zero attached hydrogens (tertiary/aromatic N) is 2. The second kappa shape index (κ2) is 11.2. The van der Waals surface area contributed by atoms with Gasteiger partial charge in [0.05, 0.1) is 30.1 Å². The molecule has 0 bridgehead atoms. The molecule has 1 fully saturated rings. The zero-order valence-electron chi connectivity index (χ0n) is 20.9. The van der Waals surface area contributed by atoms with E-state index in [1.54, 1.807) is 7.11 Å². The molecule has 8 heteroatoms. The topological polar surface area (TPSA) is 62.7 Å². The van der Waals surface area contributed by atoms with E-state index in [2.05, 4.69) is 16.8 Å². The van der Waals surface area contributed by atoms with Gasteiger partial charge in [-0.2, -0.15) is 0 Å². The largest absolute Gasteiger partial charge is 0.497 e. The molecule has 0 amide bonds. The number of likely N-dealkylation sites (tertiary alicyclic amines) is 1. The van der Waals surface area contributed by atoms with Crippen LogP contribution in [-0.2, 0) is 11.2 Å². The Hall–Kier alpha value is -3.57. The van der Waals surface area contributed by atoms with Gasteiger partial charge in [-0.05, 0) is 68.4 Å². The van der Waals surface area contributed by atoms with Gasteiger partial charge in [0.1, 0.15) is 23.2 Å². The summed E-state index contributed by atoms with van der Waals surface area (Å²) in [6.45, 7) is 3.29. The van der Waals surface area contributed by atoms with E-state index in [0.717, 1.165) is 34.2 Å². The van der Waals surface area contributed by atoms with Crippen molar-refractivity contribution < 1.29 is 27.8 Å². The number of piperidine rings is 1. The van der Waals surface area contributed by atoms with Gasteiger partial charge in [-0.3, -0.25) is 14.7 Å². The molecule has 0 spiro atoms. The standard InChI is InChI=1S/C29H29F3N2O3/c1-19-18-33-27-8-7-21(37-2)17-24(27)22(19)5-3-9-29(28(35)36)10-13-34(14-11-29)12-4-6-23-25(31)15-20(30)16-26(23)32/h7-8,15-18H,3,5,9-14H2,1-2H3,(H,35,36). The quantitative estimate of drug-likeness (QED) is 0.425. The SMILES string of the molecule is COc1ccc2ncc(C)c(CCCC3(C(=O)O)CCN(CC#Cc4c(F)cc(F)cc4F)CC3)c2c1. The highest BCUT2D eigenvalue weighted by molar-refractivity contribution is 5.84. The van der Waals surface area contributed by atoms with Crippen molar-refractivity contribution in [2.45, 2.75) is 39.0 Å². The van der Waals surface area contributed by atoms with Crippen molar-refractivity contribution in [1.82, 2.24) is 9.88 Å². The van der Waals surface area contributed by atoms with Crippen molar-refractivity contribution in [3.63, 3.8) is 0 Å². The summed E-state index contributed by atoms with van der Waals surface area (Å²) in [5.74, 6) is 2.06. The van der Waals surface area contributed by atoms with Gasteiger partial charge in [-0.25, -0.2) is 13.2 Å². The normalized spacial score (nSPS) is 15.3. The number of aryl methyl sites for hydroxylation is 2. The number of carboxylic acids is 1. The summed E-state index contributed by atoms with van der Waals surface area (Å²) in [7, 11) is 1.62. The second-order valence-electron chi connectivity index (χ2n) is 9.56. The highest BCUT2D eigenvalue weighted by Crippen LogP contribution is 2.37. The van der Waals surface area contributed by atoms with Crippen LogP contribution >= 0.6 is 0 Å². The van der Waals surface area contributed by atoms with Gasteiger partial charge in [0, 0.05) is 36.8 Å². The molecule has 1 aliphatic rings. The third-order valence-corrected chi connectivity index (χ3v) is 7.27. The van der Waals surface area contributed by atoms with E-state index < -0.39 is 34.4 Å². The van der Waals surface area contributed by atoms with E-state index in [9.17, 15) is 23.1 Å². The number of carbonyl (C=O) groups is 1. The summed E-state index contributed by atoms with van der Waals surface area (Å²) in [5, 5.41) is 11.1. The van der Waals surface area contributed by atoms with Crippen LogP contribution < -0.4 is 4.74 Å². The Morgan fingerprint density at radius 2 is 1.86 bits per heavy atom. The van der Waals surface area contributed by atoms with Gasteiger partial charge in [-0.1, -0.05) is 11.8 Å². The fourth-order valence-corrected chi connectivity index (χ4v) is 5.00. The fourth-order valence-electron chi connectivity index (χ4n) is 5.00. The summed E-state index contributed by atoms with van der Waals surface area (Å²) in [4.78, 5) is 18.8. The zero-order chi connectivity index (χ0) is 26.6. The molecule has 194 valence electrons. The molecule has 0 atom stereocenters. The van der Waals surface area contributed by atoms with Crippen LogP contribution in [0.3, 0.4) is 0 Å². The number of carboxylic acid groups (broad SMARTS) is 1. The van der Waals surface area contributed by atoms with E-state index in [0.29, 0.717) is 50.9 Å². The highest BCUT2D eigenvalue weighted by Gasteiger charge is 2.40. The van der Waals surface area contributed by atoms with Crippen LogP contribution in [0, 0.1) is 41.6 Å². The van der Waals surface area contributed by atoms with E-state index in [4.69, 9.17) is 4.74 Å². The first-order valence-corrected chi connectivity index (χ1v) is 12.2. The lowest BCUT2D eigenvalue weighted by molar-refractivity contribution is -0.152. The van der Waals surface area contributed by atoms with E-state index in [-0.39, 0.29) is 6.54 Å². The van der Waals surface area contributed by atoms with Crippen molar-refractivity contribution in [1.29, 1.82) is 0 Å². The number of benzene rings is 2. The lowest BCUT2D eigenvalue weighted by Gasteiger charge is -2.38. The van der Waals surface area contributed by atoms with E-state index >= 15 is 0 Å². The Labute approximate surface area is 214 Å². The third-order valence-electron chi connectivity index (χ3n) is 7.27. The first kappa shape index (κ1) is 26.5. The Kier molecular flexibility index (Phi) is 8.03. The maximum absolute atomic E-state index is 13.8. The van der Waals surface area contributed by atoms with Gasteiger partial charge in [0.2, 0.25) is 0 Å². The first-order valence-electron chi connectivity index (χ1n) is 12.2. The van der Waals surface area contributed by atoms with Crippen molar-refractivity contribution in [3.05, 3.63) is 70.7 Å². The van der Waals surface area contributed by atoms with Crippen LogP contribution in [0.1, 0.15) is 42.4 Å². The zero-order valence-corrected chi connectivity index (χ0v) is 20.9. The van der Waals surface area contributed by atoms with Gasteiger partial charge in [0.25, 0.3) is 0 Å². The van der Waals surface area contributed by atoms with Gasteiger partial charge < -0.3 is 9.84 Å². The molecule has 0 saturated carbocycles. The maximum atomic E-state index is 13.8. The molecule has 5 nitrogen and oxygen atoms in total. The molecule has 3 aromatic rings. The minimum absolute atomic E-state index is 0.246. The van der Waals surface area contributed by atoms with Crippen LogP contribution in [0.25, 0.3) is 10.9 Å². The van der Waals surface area contributed by atoms with Crippen LogP contribution in [-0.4, -0.2) is 47.7 Å². The molecule has 1 aliphatic heterocycles. The van der Waals surface area contributed by atoms with Gasteiger partial charge >= 0.3 is 5.97 Å². The van der Waals surface area contributed by atoms with Crippen molar-refractivity contribution >= 4 is 16.9 Å². The van der Waals surface area contributed by atoms with Crippen LogP contribution in [0.4, 0.5) is 13.2 Å². The predicted molar refractivity (Wildman–Crippen MR) is 135 cm³/mol. The van der Waals surface area contributed by atoms with Crippen molar-refractivity contribution in [3.8, 4) is 17.6 Å². The summed E-state index contributed by atoms with van der Waals surface area (Å²) >= 11 is 0. The molecule has 1 N–H and O–H groups in total. The highest BCUT2D eigenvalue weighted by atomic mass is 19.1. The molecule has 0 aliphatic carbocycles. The van der Waals surface area contributed by atoms with Crippen molar-refractivity contribution in [2.24, 2.45) is 5.41 Å². The summed E-state index contributed by atoms with van der Waals surface area (Å²) in [6.07, 6.45) is 4.77. The van der Waals surface area contributed by atoms with E-state index in [1.807, 2.05) is 36.2 Å². The number of fused-ring (bicyclic) bond motifs is 1. The Balaban J connectivity index is 1.38. The molecule has 1 aromatic heterocycles. The molecule has 2 aromatic carbocycles. The minimum Gasteiger partial charge on any atom is -0.497 e. The second-order valence-corrected chi connectivity index (χ2v) is 9.56. The Bertz CT molecular complexity index is 1350. The number of aromatic nitrogens is 1. The molecular formula is C29H29F3N2O3. The third kappa shape index (κ3) is 5.89. The number of ether oxygens (including phenoxy) is 1. The number of rotatable bonds is 7. The summed E-state index contributed by atoms with van der Waals surface area (Å²) < 4.78 is 46.0. The van der Waals surface area contributed by atoms with Crippen LogP contribution in [0.15, 0.2) is 36.5 Å². The average molecular weight is 511 g/mol. The fraction of sp³-hybridized carbons (Fsp3) is 0.379. The smallest absolute Gasteiger partial charge is 0.309 e. The first-order chi connectivity index (χ1) is 17.7. The molecule has 0 radical (unpaired) electrons. The Morgan fingerprint density at radius 1 is 1.16 bits per heavy atom. The van der Waals surface area contributed by atoms with Crippen LogP contribution in [0.5, 0.6) is 5.75 Å². The number of hydrogen-bond donors (Lipinski definition) is 1. The molecule has 2 heterocycles. The molecule has 4 rings (SSSR count). The molecule has 0 unspecified atom stereocenters. The number of halogens is 3. The average Bonchev–Trinajstić information content (AvgIpc) is 2.87. The number of aliphatic carboxylic acids is 1.